The standard InChI is InChI=1S/C10H17NO2/c1-6(2)10(8(4)12)9(13)5-7(3)11/h5-6,10,12H,4,11H2,1-3H3/b7-5-. The summed E-state index contributed by atoms with van der Waals surface area (Å²) in [7, 11) is 0. The predicted octanol–water partition coefficient (Wildman–Crippen LogP) is 1.76. The molecule has 0 aliphatic rings. The van der Waals surface area contributed by atoms with Gasteiger partial charge in [-0.3, -0.25) is 4.79 Å². The average molecular weight is 183 g/mol. The zero-order valence-electron chi connectivity index (χ0n) is 8.37. The van der Waals surface area contributed by atoms with E-state index in [4.69, 9.17) is 5.73 Å². The minimum Gasteiger partial charge on any atom is -0.512 e. The third-order valence-corrected chi connectivity index (χ3v) is 1.70. The highest BCUT2D eigenvalue weighted by atomic mass is 16.3. The van der Waals surface area contributed by atoms with Crippen LogP contribution in [0.1, 0.15) is 20.8 Å². The number of ketones is 1. The summed E-state index contributed by atoms with van der Waals surface area (Å²) < 4.78 is 0. The third kappa shape index (κ3) is 3.78. The van der Waals surface area contributed by atoms with Gasteiger partial charge in [0, 0.05) is 11.8 Å². The predicted molar refractivity (Wildman–Crippen MR) is 53.0 cm³/mol. The second kappa shape index (κ2) is 4.70. The van der Waals surface area contributed by atoms with Crippen LogP contribution in [0.3, 0.4) is 0 Å². The van der Waals surface area contributed by atoms with Crippen LogP contribution in [-0.2, 0) is 4.79 Å². The molecule has 0 aliphatic carbocycles. The SMILES string of the molecule is C=C(O)C(C(=O)/C=C(/C)N)C(C)C. The Bertz CT molecular complexity index is 237. The highest BCUT2D eigenvalue weighted by molar-refractivity contribution is 5.93. The molecule has 0 fully saturated rings. The number of rotatable bonds is 4. The number of carbonyl (C=O) groups excluding carboxylic acids is 1. The quantitative estimate of drug-likeness (QED) is 0.515. The molecule has 3 N–H and O–H groups in total. The van der Waals surface area contributed by atoms with Gasteiger partial charge in [0.05, 0.1) is 11.7 Å². The van der Waals surface area contributed by atoms with Crippen molar-refractivity contribution in [2.45, 2.75) is 20.8 Å². The van der Waals surface area contributed by atoms with Gasteiger partial charge >= 0.3 is 0 Å². The number of carbonyl (C=O) groups is 1. The fourth-order valence-electron chi connectivity index (χ4n) is 1.19. The van der Waals surface area contributed by atoms with Gasteiger partial charge in [0.15, 0.2) is 5.78 Å². The third-order valence-electron chi connectivity index (χ3n) is 1.70. The van der Waals surface area contributed by atoms with Crippen LogP contribution in [0.2, 0.25) is 0 Å². The summed E-state index contributed by atoms with van der Waals surface area (Å²) in [5.74, 6) is -0.806. The van der Waals surface area contributed by atoms with Crippen molar-refractivity contribution in [2.24, 2.45) is 17.6 Å². The van der Waals surface area contributed by atoms with Crippen LogP contribution in [0, 0.1) is 11.8 Å². The van der Waals surface area contributed by atoms with Gasteiger partial charge in [0.25, 0.3) is 0 Å². The first kappa shape index (κ1) is 11.8. The Morgan fingerprint density at radius 3 is 2.23 bits per heavy atom. The van der Waals surface area contributed by atoms with Gasteiger partial charge in [-0.25, -0.2) is 0 Å². The van der Waals surface area contributed by atoms with E-state index >= 15 is 0 Å². The maximum absolute atomic E-state index is 11.5. The molecule has 0 saturated heterocycles. The van der Waals surface area contributed by atoms with Crippen molar-refractivity contribution in [1.29, 1.82) is 0 Å². The van der Waals surface area contributed by atoms with Gasteiger partial charge in [-0.2, -0.15) is 0 Å². The summed E-state index contributed by atoms with van der Waals surface area (Å²) in [6, 6.07) is 0. The van der Waals surface area contributed by atoms with Crippen LogP contribution in [0.4, 0.5) is 0 Å². The van der Waals surface area contributed by atoms with Gasteiger partial charge < -0.3 is 10.8 Å². The summed E-state index contributed by atoms with van der Waals surface area (Å²) in [4.78, 5) is 11.5. The smallest absolute Gasteiger partial charge is 0.168 e. The van der Waals surface area contributed by atoms with Crippen molar-refractivity contribution >= 4 is 5.78 Å². The molecule has 0 saturated carbocycles. The molecule has 0 aromatic rings. The van der Waals surface area contributed by atoms with Crippen LogP contribution in [-0.4, -0.2) is 10.9 Å². The van der Waals surface area contributed by atoms with Crippen molar-refractivity contribution in [3.63, 3.8) is 0 Å². The van der Waals surface area contributed by atoms with E-state index in [0.717, 1.165) is 0 Å². The molecule has 0 aromatic carbocycles. The molecule has 0 rings (SSSR count). The molecule has 0 radical (unpaired) electrons. The van der Waals surface area contributed by atoms with Crippen LogP contribution in [0.5, 0.6) is 0 Å². The van der Waals surface area contributed by atoms with E-state index in [9.17, 15) is 9.90 Å². The lowest BCUT2D eigenvalue weighted by molar-refractivity contribution is -0.119. The van der Waals surface area contributed by atoms with E-state index in [1.165, 1.54) is 6.08 Å². The normalized spacial score (nSPS) is 14.3. The minimum absolute atomic E-state index is 0.0283. The first-order valence-corrected chi connectivity index (χ1v) is 4.21. The minimum atomic E-state index is -0.543. The topological polar surface area (TPSA) is 63.3 Å². The van der Waals surface area contributed by atoms with Crippen molar-refractivity contribution in [3.05, 3.63) is 24.1 Å². The van der Waals surface area contributed by atoms with E-state index in [0.29, 0.717) is 5.70 Å². The van der Waals surface area contributed by atoms with Gasteiger partial charge in [0.1, 0.15) is 0 Å². The Hall–Kier alpha value is -1.25. The Labute approximate surface area is 78.9 Å². The van der Waals surface area contributed by atoms with Gasteiger partial charge in [-0.15, -0.1) is 0 Å². The molecule has 3 heteroatoms. The van der Waals surface area contributed by atoms with Crippen molar-refractivity contribution < 1.29 is 9.90 Å². The summed E-state index contributed by atoms with van der Waals surface area (Å²) in [6.07, 6.45) is 1.33. The fraction of sp³-hybridized carbons (Fsp3) is 0.500. The summed E-state index contributed by atoms with van der Waals surface area (Å²) in [6.45, 7) is 8.71. The van der Waals surface area contributed by atoms with E-state index in [-0.39, 0.29) is 17.5 Å². The van der Waals surface area contributed by atoms with Gasteiger partial charge in [0.2, 0.25) is 0 Å². The lowest BCUT2D eigenvalue weighted by atomic mass is 9.90. The highest BCUT2D eigenvalue weighted by Gasteiger charge is 2.23. The van der Waals surface area contributed by atoms with Crippen molar-refractivity contribution in [3.8, 4) is 0 Å². The Morgan fingerprint density at radius 1 is 1.54 bits per heavy atom. The molecular weight excluding hydrogens is 166 g/mol. The van der Waals surface area contributed by atoms with Crippen molar-refractivity contribution in [1.82, 2.24) is 0 Å². The zero-order valence-corrected chi connectivity index (χ0v) is 8.37. The number of allylic oxidation sites excluding steroid dienone is 3. The Morgan fingerprint density at radius 2 is 2.00 bits per heavy atom. The lowest BCUT2D eigenvalue weighted by Crippen LogP contribution is -2.21. The molecule has 0 heterocycles. The largest absolute Gasteiger partial charge is 0.512 e. The second-order valence-corrected chi connectivity index (χ2v) is 3.50. The zero-order chi connectivity index (χ0) is 10.6. The number of hydrogen-bond acceptors (Lipinski definition) is 3. The van der Waals surface area contributed by atoms with Gasteiger partial charge in [-0.1, -0.05) is 20.4 Å². The van der Waals surface area contributed by atoms with Crippen LogP contribution >= 0.6 is 0 Å². The Kier molecular flexibility index (Phi) is 4.25. The van der Waals surface area contributed by atoms with Crippen LogP contribution < -0.4 is 5.73 Å². The monoisotopic (exact) mass is 183 g/mol. The van der Waals surface area contributed by atoms with E-state index in [1.807, 2.05) is 13.8 Å². The molecule has 0 aliphatic heterocycles. The fourth-order valence-corrected chi connectivity index (χ4v) is 1.19. The number of aliphatic hydroxyl groups excluding tert-OH is 1. The van der Waals surface area contributed by atoms with Crippen LogP contribution in [0.25, 0.3) is 0 Å². The van der Waals surface area contributed by atoms with Crippen LogP contribution in [0.15, 0.2) is 24.1 Å². The summed E-state index contributed by atoms with van der Waals surface area (Å²) >= 11 is 0. The maximum atomic E-state index is 11.5. The summed E-state index contributed by atoms with van der Waals surface area (Å²) in [5, 5.41) is 9.18. The molecule has 0 bridgehead atoms. The van der Waals surface area contributed by atoms with Gasteiger partial charge in [-0.05, 0) is 12.8 Å². The molecule has 0 spiro atoms. The number of aliphatic hydroxyl groups is 1. The Balaban J connectivity index is 4.67. The number of nitrogens with two attached hydrogens (primary N) is 1. The average Bonchev–Trinajstić information content (AvgIpc) is 1.81. The molecule has 0 aromatic heterocycles. The van der Waals surface area contributed by atoms with E-state index < -0.39 is 5.92 Å². The highest BCUT2D eigenvalue weighted by Crippen LogP contribution is 2.19. The maximum Gasteiger partial charge on any atom is 0.168 e. The molecule has 74 valence electrons. The van der Waals surface area contributed by atoms with E-state index in [1.54, 1.807) is 6.92 Å². The molecule has 13 heavy (non-hydrogen) atoms. The first-order chi connectivity index (χ1) is 5.86. The van der Waals surface area contributed by atoms with E-state index in [2.05, 4.69) is 6.58 Å². The van der Waals surface area contributed by atoms with Crippen molar-refractivity contribution in [2.75, 3.05) is 0 Å². The molecule has 1 unspecified atom stereocenters. The summed E-state index contributed by atoms with van der Waals surface area (Å²) in [5.41, 5.74) is 5.80. The molecule has 1 atom stereocenters. The first-order valence-electron chi connectivity index (χ1n) is 4.21. The molecule has 3 nitrogen and oxygen atoms in total. The molecule has 0 amide bonds. The second-order valence-electron chi connectivity index (χ2n) is 3.50. The lowest BCUT2D eigenvalue weighted by Gasteiger charge is -2.16. The number of hydrogen-bond donors (Lipinski definition) is 2. The molecular formula is C10H17NO2.